The molecule has 2 saturated heterocycles. The number of aromatic nitrogens is 3. The van der Waals surface area contributed by atoms with Crippen LogP contribution in [0.3, 0.4) is 0 Å². The fraction of sp³-hybridized carbons (Fsp3) is 0.417. The number of nitrogens with one attached hydrogen (secondary N) is 3. The summed E-state index contributed by atoms with van der Waals surface area (Å²) in [6.45, 7) is 2.98. The Labute approximate surface area is 470 Å². The van der Waals surface area contributed by atoms with Gasteiger partial charge in [-0.3, -0.25) is 14.4 Å². The number of methoxy groups -OCH3 is 2. The van der Waals surface area contributed by atoms with Gasteiger partial charge in [-0.1, -0.05) is 43.9 Å². The SMILES string of the molecule is CC[C@@H]1C(=O)N(C)c2cnc(Nc3ccc(C(=O)N4CCC(c5ccc(C(=O)N6CCC(Nc7cccc8c7cc(C#CCNc7ccc(S(C)(=O)=O)cc7OC)n8CC(F)(F)F)CC6)cc5)CC4)cc3OC)nc2N1C1CCCC1. The van der Waals surface area contributed by atoms with Crippen LogP contribution >= 0.6 is 0 Å². The van der Waals surface area contributed by atoms with Gasteiger partial charge >= 0.3 is 6.18 Å². The van der Waals surface area contributed by atoms with Gasteiger partial charge in [0.25, 0.3) is 11.8 Å². The highest BCUT2D eigenvalue weighted by Crippen LogP contribution is 2.41. The van der Waals surface area contributed by atoms with E-state index in [2.05, 4.69) is 37.7 Å². The average molecular weight is 1130 g/mol. The van der Waals surface area contributed by atoms with E-state index >= 15 is 0 Å². The molecule has 3 aliphatic heterocycles. The molecule has 4 aromatic carbocycles. The summed E-state index contributed by atoms with van der Waals surface area (Å²) < 4.78 is 78.2. The standard InChI is InChI=1S/C60H67F3N10O7S/c1-6-50-58(76)69(2)52-36-65-59(68-55(52)73(50)43-11-7-8-12-43)67-49-22-20-41(33-53(49)79-3)57(75)70-29-24-39(25-30-70)38-16-18-40(19-17-38)56(74)71-31-26-42(27-32-71)66-47-14-9-15-51-46(47)34-44(72(51)37-60(61,62)63)13-10-28-64-48-23-21-45(81(5,77)78)35-54(48)80-4/h9,14-23,33-36,39,42-43,50,64,66H,6-8,11-12,24-32,37H2,1-5H3,(H,65,67,68)/t50-/m1/s1. The van der Waals surface area contributed by atoms with Crippen molar-refractivity contribution in [2.75, 3.05) is 86.0 Å². The van der Waals surface area contributed by atoms with Crippen LogP contribution < -0.4 is 35.2 Å². The zero-order valence-corrected chi connectivity index (χ0v) is 46.9. The number of piperidine rings is 2. The Balaban J connectivity index is 0.721. The number of likely N-dealkylation sites (N-methyl/N-ethyl adjacent to an activating group) is 1. The second-order valence-electron chi connectivity index (χ2n) is 21.3. The van der Waals surface area contributed by atoms with Gasteiger partial charge in [0.05, 0.1) is 54.4 Å². The Kier molecular flexibility index (Phi) is 16.4. The molecular weight excluding hydrogens is 1060 g/mol. The molecule has 6 aromatic rings. The predicted octanol–water partition coefficient (Wildman–Crippen LogP) is 9.86. The molecule has 81 heavy (non-hydrogen) atoms. The fourth-order valence-corrected chi connectivity index (χ4v) is 12.4. The lowest BCUT2D eigenvalue weighted by Gasteiger charge is -2.43. The first-order valence-corrected chi connectivity index (χ1v) is 29.4. The second-order valence-corrected chi connectivity index (χ2v) is 23.3. The van der Waals surface area contributed by atoms with Gasteiger partial charge in [-0.25, -0.2) is 13.4 Å². The fourth-order valence-electron chi connectivity index (χ4n) is 11.8. The van der Waals surface area contributed by atoms with Crippen LogP contribution in [0.15, 0.2) is 96.0 Å². The van der Waals surface area contributed by atoms with Gasteiger partial charge in [0, 0.05) is 79.8 Å². The highest BCUT2D eigenvalue weighted by Gasteiger charge is 2.41. The van der Waals surface area contributed by atoms with Crippen molar-refractivity contribution >= 4 is 73.0 Å². The molecule has 5 heterocycles. The van der Waals surface area contributed by atoms with Crippen LogP contribution in [-0.2, 0) is 21.2 Å². The summed E-state index contributed by atoms with van der Waals surface area (Å²) in [4.78, 5) is 58.3. The minimum Gasteiger partial charge on any atom is -0.495 e. The Bertz CT molecular complexity index is 3510. The number of carbonyl (C=O) groups is 3. The average Bonchev–Trinajstić information content (AvgIpc) is 4.32. The molecular formula is C60H67F3N10O7S. The third kappa shape index (κ3) is 12.2. The summed E-state index contributed by atoms with van der Waals surface area (Å²) in [6.07, 6.45) is 6.02. The Morgan fingerprint density at radius 2 is 1.46 bits per heavy atom. The summed E-state index contributed by atoms with van der Waals surface area (Å²) in [5, 5.41) is 10.5. The van der Waals surface area contributed by atoms with E-state index in [4.69, 9.17) is 14.5 Å². The van der Waals surface area contributed by atoms with E-state index in [0.717, 1.165) is 60.7 Å². The lowest BCUT2D eigenvalue weighted by atomic mass is 9.88. The zero-order chi connectivity index (χ0) is 57.2. The molecule has 21 heteroatoms. The van der Waals surface area contributed by atoms with Crippen LogP contribution in [0.5, 0.6) is 11.5 Å². The van der Waals surface area contributed by atoms with Crippen molar-refractivity contribution in [3.05, 3.63) is 114 Å². The minimum atomic E-state index is -4.51. The molecule has 4 aliphatic rings. The molecule has 3 N–H and O–H groups in total. The van der Waals surface area contributed by atoms with E-state index in [1.165, 1.54) is 19.2 Å². The lowest BCUT2D eigenvalue weighted by molar-refractivity contribution is -0.140. The molecule has 1 atom stereocenters. The third-order valence-corrected chi connectivity index (χ3v) is 17.2. The molecule has 1 aliphatic carbocycles. The normalized spacial score (nSPS) is 17.4. The smallest absolute Gasteiger partial charge is 0.406 e. The summed E-state index contributed by atoms with van der Waals surface area (Å²) >= 11 is 0. The molecule has 1 saturated carbocycles. The summed E-state index contributed by atoms with van der Waals surface area (Å²) in [5.41, 5.74) is 5.21. The van der Waals surface area contributed by atoms with Gasteiger partial charge in [-0.2, -0.15) is 18.2 Å². The van der Waals surface area contributed by atoms with Crippen molar-refractivity contribution in [2.24, 2.45) is 0 Å². The maximum atomic E-state index is 14.0. The van der Waals surface area contributed by atoms with Gasteiger partial charge in [0.1, 0.15) is 29.8 Å². The van der Waals surface area contributed by atoms with E-state index < -0.39 is 22.6 Å². The van der Waals surface area contributed by atoms with Crippen LogP contribution in [0.4, 0.5) is 47.7 Å². The van der Waals surface area contributed by atoms with E-state index in [9.17, 15) is 36.0 Å². The van der Waals surface area contributed by atoms with Crippen molar-refractivity contribution in [1.82, 2.24) is 24.3 Å². The number of hydrogen-bond acceptors (Lipinski definition) is 13. The number of ether oxygens (including phenoxy) is 2. The molecule has 2 aromatic heterocycles. The first-order valence-electron chi connectivity index (χ1n) is 27.5. The Morgan fingerprint density at radius 1 is 0.802 bits per heavy atom. The highest BCUT2D eigenvalue weighted by molar-refractivity contribution is 7.90. The maximum absolute atomic E-state index is 14.0. The molecule has 10 rings (SSSR count). The van der Waals surface area contributed by atoms with Crippen LogP contribution in [0.1, 0.15) is 103 Å². The third-order valence-electron chi connectivity index (χ3n) is 16.1. The summed E-state index contributed by atoms with van der Waals surface area (Å²) in [5.74, 6) is 7.79. The van der Waals surface area contributed by atoms with Crippen molar-refractivity contribution in [2.45, 2.75) is 106 Å². The number of amides is 3. The predicted molar refractivity (Wildman–Crippen MR) is 307 cm³/mol. The van der Waals surface area contributed by atoms with Gasteiger partial charge in [0.15, 0.2) is 15.7 Å². The minimum absolute atomic E-state index is 0.0350. The first-order chi connectivity index (χ1) is 38.9. The number of likely N-dealkylation sites (tertiary alicyclic amines) is 2. The van der Waals surface area contributed by atoms with Crippen molar-refractivity contribution in [3.8, 4) is 23.3 Å². The highest BCUT2D eigenvalue weighted by atomic mass is 32.2. The van der Waals surface area contributed by atoms with E-state index in [-0.39, 0.29) is 64.6 Å². The van der Waals surface area contributed by atoms with E-state index in [0.29, 0.717) is 102 Å². The number of nitrogens with zero attached hydrogens (tertiary/aromatic N) is 7. The molecule has 0 radical (unpaired) electrons. The maximum Gasteiger partial charge on any atom is 0.406 e. The van der Waals surface area contributed by atoms with Crippen molar-refractivity contribution in [3.63, 3.8) is 0 Å². The van der Waals surface area contributed by atoms with Gasteiger partial charge in [0.2, 0.25) is 11.9 Å². The van der Waals surface area contributed by atoms with Gasteiger partial charge in [-0.05, 0) is 123 Å². The molecule has 426 valence electrons. The number of sulfone groups is 1. The van der Waals surface area contributed by atoms with Crippen LogP contribution in [0, 0.1) is 11.8 Å². The number of fused-ring (bicyclic) bond motifs is 2. The Hall–Kier alpha value is -7.99. The number of alkyl halides is 3. The number of benzene rings is 4. The molecule has 3 fully saturated rings. The Morgan fingerprint density at radius 3 is 2.12 bits per heavy atom. The lowest BCUT2D eigenvalue weighted by Crippen LogP contribution is -2.55. The first kappa shape index (κ1) is 56.3. The molecule has 17 nitrogen and oxygen atoms in total. The van der Waals surface area contributed by atoms with Gasteiger partial charge < -0.3 is 49.6 Å². The second kappa shape index (κ2) is 23.6. The molecule has 3 amide bonds. The van der Waals surface area contributed by atoms with Crippen LogP contribution in [0.25, 0.3) is 10.9 Å². The number of halogens is 3. The van der Waals surface area contributed by atoms with E-state index in [1.807, 2.05) is 47.1 Å². The molecule has 0 unspecified atom stereocenters. The number of anilines is 6. The van der Waals surface area contributed by atoms with E-state index in [1.54, 1.807) is 67.7 Å². The largest absolute Gasteiger partial charge is 0.495 e. The van der Waals surface area contributed by atoms with Gasteiger partial charge in [-0.15, -0.1) is 0 Å². The van der Waals surface area contributed by atoms with Crippen molar-refractivity contribution in [1.29, 1.82) is 0 Å². The van der Waals surface area contributed by atoms with Crippen LogP contribution in [-0.4, -0.2) is 135 Å². The zero-order valence-electron chi connectivity index (χ0n) is 46.1. The summed E-state index contributed by atoms with van der Waals surface area (Å²) in [6, 6.07) is 24.2. The number of hydrogen-bond donors (Lipinski definition) is 3. The molecule has 0 bridgehead atoms. The quantitative estimate of drug-likeness (QED) is 0.0827. The summed E-state index contributed by atoms with van der Waals surface area (Å²) in [7, 11) is 1.28. The number of carbonyl (C=O) groups excluding carboxylic acids is 3. The molecule has 0 spiro atoms. The topological polar surface area (TPSA) is 184 Å². The number of rotatable bonds is 15. The van der Waals surface area contributed by atoms with Crippen molar-refractivity contribution < 1.29 is 45.4 Å². The monoisotopic (exact) mass is 1130 g/mol. The van der Waals surface area contributed by atoms with Crippen LogP contribution in [0.2, 0.25) is 0 Å².